The second kappa shape index (κ2) is 8.15. The van der Waals surface area contributed by atoms with E-state index in [4.69, 9.17) is 14.2 Å². The molecule has 1 unspecified atom stereocenters. The highest BCUT2D eigenvalue weighted by atomic mass is 16.7. The predicted octanol–water partition coefficient (Wildman–Crippen LogP) is 3.34. The average molecular weight is 292 g/mol. The second-order valence-corrected chi connectivity index (χ2v) is 5.57. The molecule has 4 heteroatoms. The van der Waals surface area contributed by atoms with E-state index in [1.165, 1.54) is 6.42 Å². The Morgan fingerprint density at radius 3 is 2.95 bits per heavy atom. The predicted molar refractivity (Wildman–Crippen MR) is 80.2 cm³/mol. The number of rotatable bonds is 6. The summed E-state index contributed by atoms with van der Waals surface area (Å²) in [5, 5.41) is 0. The van der Waals surface area contributed by atoms with Crippen molar-refractivity contribution in [1.82, 2.24) is 0 Å². The average Bonchev–Trinajstić information content (AvgIpc) is 2.48. The molecule has 1 saturated heterocycles. The lowest BCUT2D eigenvalue weighted by molar-refractivity contribution is -0.161. The van der Waals surface area contributed by atoms with Crippen LogP contribution in [-0.2, 0) is 20.6 Å². The van der Waals surface area contributed by atoms with Crippen molar-refractivity contribution in [3.8, 4) is 0 Å². The fourth-order valence-corrected chi connectivity index (χ4v) is 2.29. The van der Waals surface area contributed by atoms with Gasteiger partial charge in [-0.25, -0.2) is 4.79 Å². The molecular formula is C17H24O4. The molecule has 1 aromatic carbocycles. The van der Waals surface area contributed by atoms with Gasteiger partial charge in [-0.05, 0) is 57.2 Å². The summed E-state index contributed by atoms with van der Waals surface area (Å²) < 4.78 is 16.4. The number of benzene rings is 1. The first-order valence-electron chi connectivity index (χ1n) is 7.68. The number of hydrogen-bond donors (Lipinski definition) is 0. The van der Waals surface area contributed by atoms with Crippen molar-refractivity contribution < 1.29 is 19.0 Å². The molecule has 1 aliphatic rings. The summed E-state index contributed by atoms with van der Waals surface area (Å²) in [7, 11) is 0. The van der Waals surface area contributed by atoms with E-state index in [0.29, 0.717) is 12.2 Å². The summed E-state index contributed by atoms with van der Waals surface area (Å²) in [5.41, 5.74) is 1.67. The number of carbonyl (C=O) groups is 1. The molecule has 0 aliphatic carbocycles. The lowest BCUT2D eigenvalue weighted by Crippen LogP contribution is -2.23. The maximum atomic E-state index is 11.9. The van der Waals surface area contributed by atoms with Crippen molar-refractivity contribution in [2.75, 3.05) is 13.2 Å². The van der Waals surface area contributed by atoms with Crippen molar-refractivity contribution in [1.29, 1.82) is 0 Å². The smallest absolute Gasteiger partial charge is 0.338 e. The van der Waals surface area contributed by atoms with Gasteiger partial charge in [0.2, 0.25) is 0 Å². The second-order valence-electron chi connectivity index (χ2n) is 5.57. The van der Waals surface area contributed by atoms with Crippen LogP contribution in [-0.4, -0.2) is 31.6 Å². The highest BCUT2D eigenvalue weighted by molar-refractivity contribution is 5.89. The molecule has 1 aliphatic heterocycles. The largest absolute Gasteiger partial charge is 0.459 e. The van der Waals surface area contributed by atoms with Crippen molar-refractivity contribution in [2.24, 2.45) is 0 Å². The van der Waals surface area contributed by atoms with Crippen molar-refractivity contribution in [2.45, 2.75) is 51.9 Å². The molecule has 21 heavy (non-hydrogen) atoms. The molecule has 4 nitrogen and oxygen atoms in total. The Hall–Kier alpha value is -1.39. The number of hydrogen-bond acceptors (Lipinski definition) is 4. The SMILES string of the molecule is CC(C)OC(=O)c1cccc(CCOC2CCCCO2)c1. The molecule has 0 bridgehead atoms. The number of ether oxygens (including phenoxy) is 3. The van der Waals surface area contributed by atoms with E-state index >= 15 is 0 Å². The van der Waals surface area contributed by atoms with Crippen molar-refractivity contribution >= 4 is 5.97 Å². The van der Waals surface area contributed by atoms with Crippen molar-refractivity contribution in [3.63, 3.8) is 0 Å². The van der Waals surface area contributed by atoms with Crippen LogP contribution in [0, 0.1) is 0 Å². The summed E-state index contributed by atoms with van der Waals surface area (Å²) in [6.45, 7) is 5.09. The first-order valence-corrected chi connectivity index (χ1v) is 7.68. The molecule has 1 heterocycles. The maximum Gasteiger partial charge on any atom is 0.338 e. The van der Waals surface area contributed by atoms with E-state index in [1.807, 2.05) is 32.0 Å². The van der Waals surface area contributed by atoms with Gasteiger partial charge in [0.25, 0.3) is 0 Å². The molecule has 0 amide bonds. The van der Waals surface area contributed by atoms with Gasteiger partial charge in [-0.1, -0.05) is 12.1 Å². The Kier molecular flexibility index (Phi) is 6.21. The molecule has 0 saturated carbocycles. The van der Waals surface area contributed by atoms with E-state index in [0.717, 1.165) is 31.4 Å². The monoisotopic (exact) mass is 292 g/mol. The summed E-state index contributed by atoms with van der Waals surface area (Å²) >= 11 is 0. The lowest BCUT2D eigenvalue weighted by Gasteiger charge is -2.22. The zero-order chi connectivity index (χ0) is 15.1. The van der Waals surface area contributed by atoms with Crippen LogP contribution in [0.15, 0.2) is 24.3 Å². The third-order valence-corrected chi connectivity index (χ3v) is 3.34. The molecule has 0 aromatic heterocycles. The molecule has 1 fully saturated rings. The highest BCUT2D eigenvalue weighted by Crippen LogP contribution is 2.14. The van der Waals surface area contributed by atoms with Gasteiger partial charge in [0.05, 0.1) is 18.3 Å². The van der Waals surface area contributed by atoms with E-state index in [2.05, 4.69) is 0 Å². The van der Waals surface area contributed by atoms with Crippen LogP contribution < -0.4 is 0 Å². The molecular weight excluding hydrogens is 268 g/mol. The van der Waals surface area contributed by atoms with Crippen molar-refractivity contribution in [3.05, 3.63) is 35.4 Å². The summed E-state index contributed by atoms with van der Waals surface area (Å²) in [6, 6.07) is 7.52. The van der Waals surface area contributed by atoms with Gasteiger partial charge in [-0.3, -0.25) is 0 Å². The quantitative estimate of drug-likeness (QED) is 0.754. The first-order chi connectivity index (χ1) is 10.1. The van der Waals surface area contributed by atoms with Crippen LogP contribution >= 0.6 is 0 Å². The van der Waals surface area contributed by atoms with Gasteiger partial charge < -0.3 is 14.2 Å². The topological polar surface area (TPSA) is 44.8 Å². The van der Waals surface area contributed by atoms with E-state index < -0.39 is 0 Å². The minimum absolute atomic E-state index is 0.0622. The molecule has 0 radical (unpaired) electrons. The Morgan fingerprint density at radius 2 is 2.24 bits per heavy atom. The van der Waals surface area contributed by atoms with E-state index in [9.17, 15) is 4.79 Å². The molecule has 0 N–H and O–H groups in total. The third-order valence-electron chi connectivity index (χ3n) is 3.34. The van der Waals surface area contributed by atoms with Crippen LogP contribution in [0.4, 0.5) is 0 Å². The number of carbonyl (C=O) groups excluding carboxylic acids is 1. The zero-order valence-corrected chi connectivity index (χ0v) is 12.8. The highest BCUT2D eigenvalue weighted by Gasteiger charge is 2.14. The Morgan fingerprint density at radius 1 is 1.38 bits per heavy atom. The van der Waals surface area contributed by atoms with Gasteiger partial charge >= 0.3 is 5.97 Å². The first kappa shape index (κ1) is 16.0. The summed E-state index contributed by atoms with van der Waals surface area (Å²) in [6.07, 6.45) is 3.87. The van der Waals surface area contributed by atoms with Crippen LogP contribution in [0.25, 0.3) is 0 Å². The maximum absolute atomic E-state index is 11.9. The van der Waals surface area contributed by atoms with Crippen LogP contribution in [0.2, 0.25) is 0 Å². The van der Waals surface area contributed by atoms with Gasteiger partial charge in [0.15, 0.2) is 6.29 Å². The lowest BCUT2D eigenvalue weighted by atomic mass is 10.1. The molecule has 116 valence electrons. The molecule has 2 rings (SSSR count). The zero-order valence-electron chi connectivity index (χ0n) is 12.8. The van der Waals surface area contributed by atoms with Crippen LogP contribution in [0.5, 0.6) is 0 Å². The molecule has 1 aromatic rings. The summed E-state index contributed by atoms with van der Waals surface area (Å²) in [5.74, 6) is -0.275. The molecule has 1 atom stereocenters. The summed E-state index contributed by atoms with van der Waals surface area (Å²) in [4.78, 5) is 11.9. The Balaban J connectivity index is 1.81. The fourth-order valence-electron chi connectivity index (χ4n) is 2.29. The van der Waals surface area contributed by atoms with Crippen LogP contribution in [0.1, 0.15) is 49.0 Å². The normalized spacial score (nSPS) is 18.7. The van der Waals surface area contributed by atoms with Gasteiger partial charge in [0, 0.05) is 6.61 Å². The van der Waals surface area contributed by atoms with E-state index in [1.54, 1.807) is 6.07 Å². The third kappa shape index (κ3) is 5.48. The Labute approximate surface area is 126 Å². The fraction of sp³-hybridized carbons (Fsp3) is 0.588. The van der Waals surface area contributed by atoms with E-state index in [-0.39, 0.29) is 18.4 Å². The Bertz CT molecular complexity index is 450. The van der Waals surface area contributed by atoms with Gasteiger partial charge in [-0.15, -0.1) is 0 Å². The minimum atomic E-state index is -0.275. The molecule has 0 spiro atoms. The number of esters is 1. The standard InChI is InChI=1S/C17H24O4/c1-13(2)21-17(18)15-7-5-6-14(12-15)9-11-20-16-8-3-4-10-19-16/h5-7,12-13,16H,3-4,8-11H2,1-2H3. The van der Waals surface area contributed by atoms with Gasteiger partial charge in [-0.2, -0.15) is 0 Å². The van der Waals surface area contributed by atoms with Crippen LogP contribution in [0.3, 0.4) is 0 Å². The minimum Gasteiger partial charge on any atom is -0.459 e. The van der Waals surface area contributed by atoms with Gasteiger partial charge in [0.1, 0.15) is 0 Å².